The van der Waals surface area contributed by atoms with E-state index in [1.807, 2.05) is 78.9 Å². The standard InChI is InChI=1S/C39H20B8N2/c1-2-25-48-23-9-5-6-10-24(23)49(25)22-15-13-19(14-16-22)26-28-30(34(42)38(46)36(44)32(28)40)27(21-12-11-18-7-3-4-8-20(18)17-21)31-29(26)33(41)37(45)39(47)35(31)43/h3-17H,2H2,1H3. The Morgan fingerprint density at radius 1 is 0.490 bits per heavy atom. The summed E-state index contributed by atoms with van der Waals surface area (Å²) in [5.41, 5.74) is 7.66. The predicted molar refractivity (Wildman–Crippen MR) is 217 cm³/mol. The van der Waals surface area contributed by atoms with Crippen LogP contribution in [0.5, 0.6) is 0 Å². The van der Waals surface area contributed by atoms with Gasteiger partial charge in [0.2, 0.25) is 0 Å². The molecular formula is C39H20B8N2. The highest BCUT2D eigenvalue weighted by Crippen LogP contribution is 2.41. The van der Waals surface area contributed by atoms with Crippen LogP contribution in [0.25, 0.3) is 71.3 Å². The van der Waals surface area contributed by atoms with Crippen LogP contribution in [0.2, 0.25) is 0 Å². The van der Waals surface area contributed by atoms with Crippen LogP contribution in [-0.2, 0) is 6.42 Å². The van der Waals surface area contributed by atoms with Crippen molar-refractivity contribution in [2.45, 2.75) is 13.3 Å². The van der Waals surface area contributed by atoms with Gasteiger partial charge in [0.05, 0.1) is 11.0 Å². The second kappa shape index (κ2) is 11.7. The van der Waals surface area contributed by atoms with Crippen LogP contribution in [0.3, 0.4) is 0 Å². The van der Waals surface area contributed by atoms with Crippen molar-refractivity contribution in [3.05, 3.63) is 96.8 Å². The summed E-state index contributed by atoms with van der Waals surface area (Å²) in [5.74, 6) is 0.949. The number of para-hydroxylation sites is 2. The van der Waals surface area contributed by atoms with Crippen LogP contribution in [-0.4, -0.2) is 72.3 Å². The van der Waals surface area contributed by atoms with E-state index in [4.69, 9.17) is 67.8 Å². The fourth-order valence-electron chi connectivity index (χ4n) is 7.25. The Balaban J connectivity index is 1.53. The van der Waals surface area contributed by atoms with Crippen LogP contribution in [0.1, 0.15) is 12.7 Å². The molecule has 2 nitrogen and oxygen atoms in total. The second-order valence-corrected chi connectivity index (χ2v) is 12.4. The number of hydrogen-bond acceptors (Lipinski definition) is 1. The maximum Gasteiger partial charge on any atom is 0.114 e. The van der Waals surface area contributed by atoms with Crippen molar-refractivity contribution in [3.63, 3.8) is 0 Å². The number of aromatic nitrogens is 2. The average Bonchev–Trinajstić information content (AvgIpc) is 3.52. The number of hydrogen-bond donors (Lipinski definition) is 0. The molecule has 0 unspecified atom stereocenters. The van der Waals surface area contributed by atoms with Crippen LogP contribution in [0, 0.1) is 0 Å². The number of benzene rings is 7. The SMILES string of the molecule is [B]c1c([B])c([B])c2c(-c3ccc4ccccc4c3)c3c([B])c([B])c([B])c([B])c3c(-c3ccc(-n4c(CC)nc5ccccc54)cc3)c2c1[B]. The van der Waals surface area contributed by atoms with Crippen LogP contribution >= 0.6 is 0 Å². The topological polar surface area (TPSA) is 17.8 Å². The molecule has 0 atom stereocenters. The molecule has 0 amide bonds. The van der Waals surface area contributed by atoms with Crippen molar-refractivity contribution in [1.29, 1.82) is 0 Å². The first-order valence-electron chi connectivity index (χ1n) is 16.0. The summed E-state index contributed by atoms with van der Waals surface area (Å²) in [7, 11) is 53.9. The Bertz CT molecular complexity index is 2600. The zero-order chi connectivity index (χ0) is 34.3. The molecule has 8 aromatic rings. The first kappa shape index (κ1) is 31.6. The third-order valence-electron chi connectivity index (χ3n) is 9.72. The molecule has 49 heavy (non-hydrogen) atoms. The number of nitrogens with zero attached hydrogens (tertiary/aromatic N) is 2. The molecule has 0 aliphatic rings. The van der Waals surface area contributed by atoms with Gasteiger partial charge in [-0.1, -0.05) is 89.4 Å². The van der Waals surface area contributed by atoms with E-state index in [1.54, 1.807) is 0 Å². The summed E-state index contributed by atoms with van der Waals surface area (Å²) >= 11 is 0. The van der Waals surface area contributed by atoms with Gasteiger partial charge in [0.1, 0.15) is 68.6 Å². The Hall–Kier alpha value is -4.69. The van der Waals surface area contributed by atoms with Crippen molar-refractivity contribution in [3.8, 4) is 27.9 Å². The van der Waals surface area contributed by atoms with Crippen molar-refractivity contribution < 1.29 is 0 Å². The normalized spacial score (nSPS) is 11.7. The molecule has 0 bridgehead atoms. The first-order valence-corrected chi connectivity index (χ1v) is 16.0. The lowest BCUT2D eigenvalue weighted by molar-refractivity contribution is 0.908. The zero-order valence-electron chi connectivity index (χ0n) is 26.9. The van der Waals surface area contributed by atoms with Gasteiger partial charge >= 0.3 is 0 Å². The number of fused-ring (bicyclic) bond motifs is 4. The van der Waals surface area contributed by atoms with E-state index in [2.05, 4.69) is 23.6 Å². The van der Waals surface area contributed by atoms with E-state index in [0.29, 0.717) is 32.7 Å². The molecule has 7 aromatic carbocycles. The highest BCUT2D eigenvalue weighted by atomic mass is 15.1. The summed E-state index contributed by atoms with van der Waals surface area (Å²) < 4.78 is 2.16. The van der Waals surface area contributed by atoms with Gasteiger partial charge in [0.25, 0.3) is 0 Å². The quantitative estimate of drug-likeness (QED) is 0.215. The summed E-state index contributed by atoms with van der Waals surface area (Å²) in [6.45, 7) is 2.09. The minimum absolute atomic E-state index is 0.180. The lowest BCUT2D eigenvalue weighted by atomic mass is 9.59. The minimum Gasteiger partial charge on any atom is -0.296 e. The van der Waals surface area contributed by atoms with E-state index < -0.39 is 0 Å². The fourth-order valence-corrected chi connectivity index (χ4v) is 7.25. The Morgan fingerprint density at radius 3 is 1.51 bits per heavy atom. The predicted octanol–water partition coefficient (Wildman–Crippen LogP) is 0.732. The maximum atomic E-state index is 6.92. The summed E-state index contributed by atoms with van der Waals surface area (Å²) in [4.78, 5) is 4.86. The van der Waals surface area contributed by atoms with E-state index >= 15 is 0 Å². The summed E-state index contributed by atoms with van der Waals surface area (Å²) in [6.07, 6.45) is 0.759. The van der Waals surface area contributed by atoms with Gasteiger partial charge in [-0.3, -0.25) is 4.57 Å². The molecule has 0 saturated heterocycles. The molecule has 16 radical (unpaired) electrons. The maximum absolute atomic E-state index is 6.92. The van der Waals surface area contributed by atoms with E-state index in [1.165, 1.54) is 0 Å². The van der Waals surface area contributed by atoms with Crippen molar-refractivity contribution in [2.24, 2.45) is 0 Å². The second-order valence-electron chi connectivity index (χ2n) is 12.4. The molecule has 0 fully saturated rings. The van der Waals surface area contributed by atoms with Crippen LogP contribution in [0.4, 0.5) is 0 Å². The van der Waals surface area contributed by atoms with Gasteiger partial charge in [-0.25, -0.2) is 4.98 Å². The average molecular weight is 603 g/mol. The van der Waals surface area contributed by atoms with Gasteiger partial charge < -0.3 is 0 Å². The zero-order valence-corrected chi connectivity index (χ0v) is 26.9. The van der Waals surface area contributed by atoms with Crippen LogP contribution < -0.4 is 43.7 Å². The van der Waals surface area contributed by atoms with E-state index in [9.17, 15) is 0 Å². The van der Waals surface area contributed by atoms with Gasteiger partial charge in [0.15, 0.2) is 0 Å². The highest BCUT2D eigenvalue weighted by molar-refractivity contribution is 6.71. The smallest absolute Gasteiger partial charge is 0.114 e. The molecule has 210 valence electrons. The molecule has 0 aliphatic carbocycles. The molecular weight excluding hydrogens is 583 g/mol. The Morgan fingerprint density at radius 2 is 0.959 bits per heavy atom. The largest absolute Gasteiger partial charge is 0.296 e. The third-order valence-corrected chi connectivity index (χ3v) is 9.72. The summed E-state index contributed by atoms with van der Waals surface area (Å²) in [6, 6.07) is 30.4. The molecule has 1 aromatic heterocycles. The van der Waals surface area contributed by atoms with E-state index in [-0.39, 0.29) is 43.7 Å². The summed E-state index contributed by atoms with van der Waals surface area (Å²) in [5, 5.41) is 4.45. The Kier molecular flexibility index (Phi) is 7.56. The van der Waals surface area contributed by atoms with Gasteiger partial charge in [-0.2, -0.15) is 0 Å². The van der Waals surface area contributed by atoms with Gasteiger partial charge in [-0.15, -0.1) is 21.9 Å². The molecule has 0 aliphatic heterocycles. The molecule has 10 heteroatoms. The number of aryl methyl sites for hydroxylation is 1. The van der Waals surface area contributed by atoms with E-state index in [0.717, 1.165) is 50.9 Å². The Labute approximate surface area is 296 Å². The minimum atomic E-state index is 0.180. The lowest BCUT2D eigenvalue weighted by Gasteiger charge is -2.28. The van der Waals surface area contributed by atoms with Crippen molar-refractivity contribution in [2.75, 3.05) is 0 Å². The third kappa shape index (κ3) is 4.63. The molecule has 8 rings (SSSR count). The monoisotopic (exact) mass is 604 g/mol. The molecule has 0 saturated carbocycles. The molecule has 1 heterocycles. The van der Waals surface area contributed by atoms with Gasteiger partial charge in [0, 0.05) is 12.1 Å². The number of imidazole rings is 1. The molecule has 0 N–H and O–H groups in total. The number of rotatable bonds is 4. The molecule has 0 spiro atoms. The first-order chi connectivity index (χ1) is 23.6. The fraction of sp³-hybridized carbons (Fsp3) is 0.0513. The van der Waals surface area contributed by atoms with Gasteiger partial charge in [-0.05, 0) is 84.9 Å². The van der Waals surface area contributed by atoms with Crippen molar-refractivity contribution in [1.82, 2.24) is 9.55 Å². The lowest BCUT2D eigenvalue weighted by Crippen LogP contribution is -2.50. The van der Waals surface area contributed by atoms with Crippen molar-refractivity contribution >= 4 is 150 Å². The highest BCUT2D eigenvalue weighted by Gasteiger charge is 2.25. The van der Waals surface area contributed by atoms with Crippen LogP contribution in [0.15, 0.2) is 91.0 Å².